The predicted octanol–water partition coefficient (Wildman–Crippen LogP) is 1.59. The van der Waals surface area contributed by atoms with E-state index >= 15 is 0 Å². The molecule has 0 saturated heterocycles. The van der Waals surface area contributed by atoms with Gasteiger partial charge < -0.3 is 16.0 Å². The Kier molecular flexibility index (Phi) is 5.63. The van der Waals surface area contributed by atoms with Crippen LogP contribution in [0.1, 0.15) is 0 Å². The highest BCUT2D eigenvalue weighted by atomic mass is 15.0. The molecule has 0 aliphatic carbocycles. The average molecular weight is 257 g/mol. The van der Waals surface area contributed by atoms with Gasteiger partial charge in [0.15, 0.2) is 0 Å². The van der Waals surface area contributed by atoms with Crippen molar-refractivity contribution in [1.82, 2.24) is 15.3 Å². The fourth-order valence-electron chi connectivity index (χ4n) is 1.62. The van der Waals surface area contributed by atoms with Gasteiger partial charge in [-0.2, -0.15) is 0 Å². The zero-order chi connectivity index (χ0) is 13.2. The maximum Gasteiger partial charge on any atom is 0.125 e. The molecule has 0 amide bonds. The Balaban J connectivity index is 1.49. The number of aromatic nitrogens is 2. The SMILES string of the molecule is c1ccc(NCCNCCNc2ccccn2)nc1. The van der Waals surface area contributed by atoms with E-state index in [0.717, 1.165) is 37.8 Å². The fraction of sp³-hybridized carbons (Fsp3) is 0.286. The van der Waals surface area contributed by atoms with Crippen molar-refractivity contribution in [1.29, 1.82) is 0 Å². The third-order valence-corrected chi connectivity index (χ3v) is 2.55. The minimum atomic E-state index is 0.862. The molecule has 2 aromatic rings. The summed E-state index contributed by atoms with van der Waals surface area (Å²) in [7, 11) is 0. The molecule has 2 aromatic heterocycles. The lowest BCUT2D eigenvalue weighted by Crippen LogP contribution is -2.27. The van der Waals surface area contributed by atoms with Gasteiger partial charge in [-0.3, -0.25) is 0 Å². The van der Waals surface area contributed by atoms with E-state index in [4.69, 9.17) is 0 Å². The molecule has 2 rings (SSSR count). The normalized spacial score (nSPS) is 10.1. The van der Waals surface area contributed by atoms with E-state index in [1.54, 1.807) is 12.4 Å². The number of nitrogens with zero attached hydrogens (tertiary/aromatic N) is 2. The van der Waals surface area contributed by atoms with Crippen LogP contribution >= 0.6 is 0 Å². The molecule has 0 aliphatic heterocycles. The Morgan fingerprint density at radius 3 is 1.63 bits per heavy atom. The van der Waals surface area contributed by atoms with Gasteiger partial charge in [-0.1, -0.05) is 12.1 Å². The summed E-state index contributed by atoms with van der Waals surface area (Å²) in [5, 5.41) is 9.84. The maximum absolute atomic E-state index is 4.19. The van der Waals surface area contributed by atoms with Crippen LogP contribution in [0.15, 0.2) is 48.8 Å². The fourth-order valence-corrected chi connectivity index (χ4v) is 1.62. The van der Waals surface area contributed by atoms with Gasteiger partial charge in [0.2, 0.25) is 0 Å². The first-order chi connectivity index (χ1) is 9.45. The Bertz CT molecular complexity index is 402. The van der Waals surface area contributed by atoms with Crippen molar-refractivity contribution in [2.45, 2.75) is 0 Å². The zero-order valence-corrected chi connectivity index (χ0v) is 10.8. The van der Waals surface area contributed by atoms with Crippen LogP contribution in [-0.2, 0) is 0 Å². The third-order valence-electron chi connectivity index (χ3n) is 2.55. The van der Waals surface area contributed by atoms with E-state index < -0.39 is 0 Å². The molecule has 5 nitrogen and oxygen atoms in total. The number of anilines is 2. The summed E-state index contributed by atoms with van der Waals surface area (Å²) >= 11 is 0. The first kappa shape index (κ1) is 13.3. The zero-order valence-electron chi connectivity index (χ0n) is 10.8. The molecular formula is C14H19N5. The van der Waals surface area contributed by atoms with E-state index in [0.29, 0.717) is 0 Å². The van der Waals surface area contributed by atoms with Crippen molar-refractivity contribution in [3.05, 3.63) is 48.8 Å². The Morgan fingerprint density at radius 2 is 1.21 bits per heavy atom. The Labute approximate surface area is 113 Å². The van der Waals surface area contributed by atoms with Gasteiger partial charge in [0.05, 0.1) is 0 Å². The van der Waals surface area contributed by atoms with Gasteiger partial charge in [-0.15, -0.1) is 0 Å². The van der Waals surface area contributed by atoms with Gasteiger partial charge in [0, 0.05) is 38.6 Å². The second-order valence-electron chi connectivity index (χ2n) is 4.03. The van der Waals surface area contributed by atoms with Crippen molar-refractivity contribution in [2.75, 3.05) is 36.8 Å². The van der Waals surface area contributed by atoms with Gasteiger partial charge >= 0.3 is 0 Å². The van der Waals surface area contributed by atoms with Gasteiger partial charge in [-0.05, 0) is 24.3 Å². The smallest absolute Gasteiger partial charge is 0.125 e. The summed E-state index contributed by atoms with van der Waals surface area (Å²) in [6.45, 7) is 3.53. The maximum atomic E-state index is 4.19. The van der Waals surface area contributed by atoms with Crippen LogP contribution in [0, 0.1) is 0 Å². The van der Waals surface area contributed by atoms with Crippen molar-refractivity contribution >= 4 is 11.6 Å². The van der Waals surface area contributed by atoms with Crippen molar-refractivity contribution < 1.29 is 0 Å². The van der Waals surface area contributed by atoms with E-state index in [1.807, 2.05) is 36.4 Å². The molecule has 5 heteroatoms. The second-order valence-corrected chi connectivity index (χ2v) is 4.03. The molecule has 0 unspecified atom stereocenters. The first-order valence-corrected chi connectivity index (χ1v) is 6.46. The Morgan fingerprint density at radius 1 is 0.684 bits per heavy atom. The molecule has 0 aliphatic rings. The third kappa shape index (κ3) is 5.35. The van der Waals surface area contributed by atoms with E-state index in [9.17, 15) is 0 Å². The molecule has 3 N–H and O–H groups in total. The summed E-state index contributed by atoms with van der Waals surface area (Å²) in [4.78, 5) is 8.39. The summed E-state index contributed by atoms with van der Waals surface area (Å²) < 4.78 is 0. The largest absolute Gasteiger partial charge is 0.369 e. The average Bonchev–Trinajstić information content (AvgIpc) is 2.48. The van der Waals surface area contributed by atoms with E-state index in [2.05, 4.69) is 25.9 Å². The van der Waals surface area contributed by atoms with Crippen LogP contribution in [0.25, 0.3) is 0 Å². The summed E-state index contributed by atoms with van der Waals surface area (Å²) in [6, 6.07) is 11.7. The number of hydrogen-bond acceptors (Lipinski definition) is 5. The lowest BCUT2D eigenvalue weighted by Gasteiger charge is -2.08. The van der Waals surface area contributed by atoms with Crippen molar-refractivity contribution in [2.24, 2.45) is 0 Å². The molecule has 0 aromatic carbocycles. The molecule has 0 bridgehead atoms. The lowest BCUT2D eigenvalue weighted by molar-refractivity contribution is 0.717. The molecule has 0 fully saturated rings. The molecule has 100 valence electrons. The van der Waals surface area contributed by atoms with Gasteiger partial charge in [0.1, 0.15) is 11.6 Å². The van der Waals surface area contributed by atoms with E-state index in [1.165, 1.54) is 0 Å². The van der Waals surface area contributed by atoms with Crippen LogP contribution in [0.3, 0.4) is 0 Å². The minimum Gasteiger partial charge on any atom is -0.369 e. The molecule has 0 spiro atoms. The van der Waals surface area contributed by atoms with Crippen LogP contribution in [0.2, 0.25) is 0 Å². The van der Waals surface area contributed by atoms with Crippen LogP contribution in [0.5, 0.6) is 0 Å². The van der Waals surface area contributed by atoms with Gasteiger partial charge in [0.25, 0.3) is 0 Å². The van der Waals surface area contributed by atoms with Crippen molar-refractivity contribution in [3.8, 4) is 0 Å². The number of pyridine rings is 2. The van der Waals surface area contributed by atoms with Crippen LogP contribution in [0.4, 0.5) is 11.6 Å². The monoisotopic (exact) mass is 257 g/mol. The molecule has 2 heterocycles. The van der Waals surface area contributed by atoms with Crippen molar-refractivity contribution in [3.63, 3.8) is 0 Å². The lowest BCUT2D eigenvalue weighted by atomic mass is 10.4. The molecule has 19 heavy (non-hydrogen) atoms. The highest BCUT2D eigenvalue weighted by molar-refractivity contribution is 5.33. The van der Waals surface area contributed by atoms with E-state index in [-0.39, 0.29) is 0 Å². The summed E-state index contributed by atoms with van der Waals surface area (Å²) in [6.07, 6.45) is 3.57. The topological polar surface area (TPSA) is 61.9 Å². The van der Waals surface area contributed by atoms with Gasteiger partial charge in [-0.25, -0.2) is 9.97 Å². The summed E-state index contributed by atoms with van der Waals surface area (Å²) in [5.41, 5.74) is 0. The minimum absolute atomic E-state index is 0.862. The summed E-state index contributed by atoms with van der Waals surface area (Å²) in [5.74, 6) is 1.83. The highest BCUT2D eigenvalue weighted by Gasteiger charge is 1.92. The molecule has 0 radical (unpaired) electrons. The predicted molar refractivity (Wildman–Crippen MR) is 78.3 cm³/mol. The van der Waals surface area contributed by atoms with Crippen LogP contribution < -0.4 is 16.0 Å². The second kappa shape index (κ2) is 8.05. The quantitative estimate of drug-likeness (QED) is 0.627. The standard InChI is InChI=1S/C14H19N5/c1-3-7-16-13(5-1)18-11-9-15-10-12-19-14-6-2-4-8-17-14/h1-8,15H,9-12H2,(H,16,18)(H,17,19). The number of hydrogen-bond donors (Lipinski definition) is 3. The number of nitrogens with one attached hydrogen (secondary N) is 3. The molecule has 0 atom stereocenters. The number of rotatable bonds is 8. The Hall–Kier alpha value is -2.14. The highest BCUT2D eigenvalue weighted by Crippen LogP contribution is 1.98. The molecular weight excluding hydrogens is 238 g/mol. The first-order valence-electron chi connectivity index (χ1n) is 6.46. The van der Waals surface area contributed by atoms with Crippen LogP contribution in [-0.4, -0.2) is 36.1 Å². The molecule has 0 saturated carbocycles.